The van der Waals surface area contributed by atoms with Gasteiger partial charge in [-0.3, -0.25) is 4.79 Å². The monoisotopic (exact) mass is 256 g/mol. The molecule has 2 aliphatic rings. The number of carbonyl (C=O) groups excluding carboxylic acids is 2. The summed E-state index contributed by atoms with van der Waals surface area (Å²) in [6.45, 7) is 6.27. The van der Waals surface area contributed by atoms with E-state index in [-0.39, 0.29) is 18.7 Å². The van der Waals surface area contributed by atoms with Gasteiger partial charge in [-0.1, -0.05) is 0 Å². The molecule has 18 heavy (non-hydrogen) atoms. The second-order valence-corrected chi connectivity index (χ2v) is 5.66. The average molecular weight is 256 g/mol. The molecule has 0 spiro atoms. The van der Waals surface area contributed by atoms with Gasteiger partial charge in [0.1, 0.15) is 17.9 Å². The van der Waals surface area contributed by atoms with Crippen molar-refractivity contribution in [3.05, 3.63) is 0 Å². The Morgan fingerprint density at radius 2 is 2.22 bits per heavy atom. The Bertz CT molecular complexity index is 350. The van der Waals surface area contributed by atoms with Gasteiger partial charge >= 0.3 is 6.09 Å². The fourth-order valence-electron chi connectivity index (χ4n) is 2.19. The lowest BCUT2D eigenvalue weighted by molar-refractivity contribution is -0.158. The number of ether oxygens (including phenoxy) is 2. The van der Waals surface area contributed by atoms with E-state index in [1.54, 1.807) is 25.7 Å². The summed E-state index contributed by atoms with van der Waals surface area (Å²) in [6, 6.07) is -0.630. The highest BCUT2D eigenvalue weighted by Crippen LogP contribution is 2.23. The normalized spacial score (nSPS) is 27.9. The van der Waals surface area contributed by atoms with Gasteiger partial charge in [-0.25, -0.2) is 4.79 Å². The molecular weight excluding hydrogens is 236 g/mol. The molecule has 0 aliphatic carbocycles. The van der Waals surface area contributed by atoms with Crippen molar-refractivity contribution in [3.8, 4) is 0 Å². The van der Waals surface area contributed by atoms with Crippen molar-refractivity contribution in [3.63, 3.8) is 0 Å². The van der Waals surface area contributed by atoms with E-state index in [9.17, 15) is 9.59 Å². The van der Waals surface area contributed by atoms with Crippen molar-refractivity contribution in [2.24, 2.45) is 0 Å². The highest BCUT2D eigenvalue weighted by atomic mass is 16.6. The second kappa shape index (κ2) is 4.76. The van der Waals surface area contributed by atoms with Crippen LogP contribution in [0, 0.1) is 0 Å². The molecule has 0 aromatic carbocycles. The molecular formula is C12H20N2O4. The first kappa shape index (κ1) is 13.1. The molecule has 0 aromatic heterocycles. The molecule has 0 unspecified atom stereocenters. The molecule has 2 heterocycles. The van der Waals surface area contributed by atoms with E-state index in [0.29, 0.717) is 6.54 Å². The fourth-order valence-corrected chi connectivity index (χ4v) is 2.19. The van der Waals surface area contributed by atoms with Crippen LogP contribution in [0.4, 0.5) is 4.79 Å². The smallest absolute Gasteiger partial charge is 0.408 e. The minimum absolute atomic E-state index is 0.0744. The van der Waals surface area contributed by atoms with Crippen molar-refractivity contribution >= 4 is 12.0 Å². The van der Waals surface area contributed by atoms with Gasteiger partial charge in [0, 0.05) is 6.54 Å². The number of fused-ring (bicyclic) bond motifs is 1. The third-order valence-corrected chi connectivity index (χ3v) is 2.93. The molecule has 0 radical (unpaired) electrons. The Labute approximate surface area is 107 Å². The number of nitrogens with one attached hydrogen (secondary N) is 1. The van der Waals surface area contributed by atoms with E-state index in [1.165, 1.54) is 0 Å². The van der Waals surface area contributed by atoms with Gasteiger partial charge in [0.15, 0.2) is 0 Å². The van der Waals surface area contributed by atoms with E-state index in [1.807, 2.05) is 0 Å². The van der Waals surface area contributed by atoms with Gasteiger partial charge in [-0.2, -0.15) is 0 Å². The van der Waals surface area contributed by atoms with Gasteiger partial charge in [0.2, 0.25) is 5.91 Å². The topological polar surface area (TPSA) is 67.9 Å². The molecule has 6 heteroatoms. The lowest BCUT2D eigenvalue weighted by Crippen LogP contribution is -2.57. The third kappa shape index (κ3) is 2.93. The van der Waals surface area contributed by atoms with Crippen LogP contribution in [-0.4, -0.2) is 47.9 Å². The minimum Gasteiger partial charge on any atom is -0.444 e. The van der Waals surface area contributed by atoms with Crippen LogP contribution in [-0.2, 0) is 14.3 Å². The quantitative estimate of drug-likeness (QED) is 0.755. The standard InChI is InChI=1S/C12H20N2O4/c1-12(2,3)18-11(16)13-8-7-17-9-5-4-6-14(9)10(8)15/h8-9H,4-7H2,1-3H3,(H,13,16)/t8-,9+/m0/s1. The number of hydrogen-bond acceptors (Lipinski definition) is 4. The van der Waals surface area contributed by atoms with Crippen LogP contribution in [0.3, 0.4) is 0 Å². The predicted octanol–water partition coefficient (Wildman–Crippen LogP) is 0.858. The van der Waals surface area contributed by atoms with Crippen LogP contribution >= 0.6 is 0 Å². The Balaban J connectivity index is 1.90. The third-order valence-electron chi connectivity index (χ3n) is 2.93. The molecule has 2 fully saturated rings. The number of nitrogens with zero attached hydrogens (tertiary/aromatic N) is 1. The van der Waals surface area contributed by atoms with Crippen molar-refractivity contribution in [1.82, 2.24) is 10.2 Å². The lowest BCUT2D eigenvalue weighted by atomic mass is 10.2. The summed E-state index contributed by atoms with van der Waals surface area (Å²) in [5.74, 6) is -0.0744. The molecule has 2 aliphatic heterocycles. The summed E-state index contributed by atoms with van der Waals surface area (Å²) >= 11 is 0. The first-order valence-corrected chi connectivity index (χ1v) is 6.28. The molecule has 6 nitrogen and oxygen atoms in total. The fraction of sp³-hybridized carbons (Fsp3) is 0.833. The van der Waals surface area contributed by atoms with Crippen LogP contribution in [0.2, 0.25) is 0 Å². The van der Waals surface area contributed by atoms with Crippen molar-refractivity contribution in [2.75, 3.05) is 13.2 Å². The number of rotatable bonds is 1. The molecule has 2 saturated heterocycles. The summed E-state index contributed by atoms with van der Waals surface area (Å²) < 4.78 is 10.7. The molecule has 0 aromatic rings. The molecule has 102 valence electrons. The maximum atomic E-state index is 12.1. The van der Waals surface area contributed by atoms with E-state index in [4.69, 9.17) is 9.47 Å². The largest absolute Gasteiger partial charge is 0.444 e. The summed E-state index contributed by atoms with van der Waals surface area (Å²) in [5.41, 5.74) is -0.571. The Morgan fingerprint density at radius 3 is 2.89 bits per heavy atom. The molecule has 1 N–H and O–H groups in total. The lowest BCUT2D eigenvalue weighted by Gasteiger charge is -2.35. The van der Waals surface area contributed by atoms with Gasteiger partial charge in [0.25, 0.3) is 0 Å². The van der Waals surface area contributed by atoms with E-state index >= 15 is 0 Å². The van der Waals surface area contributed by atoms with Gasteiger partial charge in [-0.15, -0.1) is 0 Å². The highest BCUT2D eigenvalue weighted by molar-refractivity contribution is 5.86. The summed E-state index contributed by atoms with van der Waals surface area (Å²) in [6.07, 6.45) is 1.15. The van der Waals surface area contributed by atoms with Crippen molar-refractivity contribution in [1.29, 1.82) is 0 Å². The summed E-state index contributed by atoms with van der Waals surface area (Å²) in [7, 11) is 0. The first-order valence-electron chi connectivity index (χ1n) is 6.28. The molecule has 0 bridgehead atoms. The zero-order chi connectivity index (χ0) is 13.3. The summed E-state index contributed by atoms with van der Waals surface area (Å²) in [5, 5.41) is 2.56. The molecule has 0 saturated carbocycles. The maximum absolute atomic E-state index is 12.1. The average Bonchev–Trinajstić information content (AvgIpc) is 2.68. The predicted molar refractivity (Wildman–Crippen MR) is 63.8 cm³/mol. The number of carbonyl (C=O) groups is 2. The zero-order valence-electron chi connectivity index (χ0n) is 11.1. The van der Waals surface area contributed by atoms with Crippen LogP contribution in [0.1, 0.15) is 33.6 Å². The van der Waals surface area contributed by atoms with Gasteiger partial charge in [-0.05, 0) is 33.6 Å². The molecule has 2 amide bonds. The molecule has 2 rings (SSSR count). The number of alkyl carbamates (subject to hydrolysis) is 1. The first-order chi connectivity index (χ1) is 8.37. The Hall–Kier alpha value is -1.30. The minimum atomic E-state index is -0.630. The van der Waals surface area contributed by atoms with E-state index in [0.717, 1.165) is 12.8 Å². The zero-order valence-corrected chi connectivity index (χ0v) is 11.1. The van der Waals surface area contributed by atoms with Crippen LogP contribution in [0.5, 0.6) is 0 Å². The number of hydrogen-bond donors (Lipinski definition) is 1. The second-order valence-electron chi connectivity index (χ2n) is 5.66. The van der Waals surface area contributed by atoms with Gasteiger partial charge in [0.05, 0.1) is 6.61 Å². The highest BCUT2D eigenvalue weighted by Gasteiger charge is 2.39. The van der Waals surface area contributed by atoms with Crippen LogP contribution in [0.25, 0.3) is 0 Å². The Kier molecular flexibility index (Phi) is 3.47. The Morgan fingerprint density at radius 1 is 1.50 bits per heavy atom. The van der Waals surface area contributed by atoms with Gasteiger partial charge < -0.3 is 19.7 Å². The van der Waals surface area contributed by atoms with Crippen molar-refractivity contribution < 1.29 is 19.1 Å². The van der Waals surface area contributed by atoms with Crippen LogP contribution in [0.15, 0.2) is 0 Å². The van der Waals surface area contributed by atoms with E-state index < -0.39 is 17.7 Å². The maximum Gasteiger partial charge on any atom is 0.408 e. The van der Waals surface area contributed by atoms with Crippen molar-refractivity contribution in [2.45, 2.75) is 51.5 Å². The number of amides is 2. The SMILES string of the molecule is CC(C)(C)OC(=O)N[C@H]1CO[C@@H]2CCCN2C1=O. The van der Waals surface area contributed by atoms with Crippen LogP contribution < -0.4 is 5.32 Å². The van der Waals surface area contributed by atoms with E-state index in [2.05, 4.69) is 5.32 Å². The summed E-state index contributed by atoms with van der Waals surface area (Å²) in [4.78, 5) is 25.4. The molecule has 2 atom stereocenters.